The van der Waals surface area contributed by atoms with Gasteiger partial charge < -0.3 is 25.2 Å². The second-order valence-electron chi connectivity index (χ2n) is 8.02. The Labute approximate surface area is 188 Å². The molecule has 0 radical (unpaired) electrons. The SMILES string of the molecule is CN=C(NCc1cccc(NC(=O)C2CCCO2)c1)N1CCN(c2ccccc2F)CC1. The maximum atomic E-state index is 14.1. The first-order valence-corrected chi connectivity index (χ1v) is 11.1. The van der Waals surface area contributed by atoms with E-state index in [2.05, 4.69) is 25.4 Å². The van der Waals surface area contributed by atoms with Crippen molar-refractivity contribution in [1.82, 2.24) is 10.2 Å². The molecule has 8 heteroatoms. The fourth-order valence-electron chi connectivity index (χ4n) is 4.15. The van der Waals surface area contributed by atoms with Crippen molar-refractivity contribution in [3.8, 4) is 0 Å². The number of ether oxygens (including phenoxy) is 1. The molecule has 2 aliphatic heterocycles. The summed E-state index contributed by atoms with van der Waals surface area (Å²) in [6.07, 6.45) is 1.35. The van der Waals surface area contributed by atoms with E-state index in [0.29, 0.717) is 18.8 Å². The zero-order valence-corrected chi connectivity index (χ0v) is 18.4. The molecule has 0 saturated carbocycles. The number of nitrogens with one attached hydrogen (secondary N) is 2. The van der Waals surface area contributed by atoms with Crippen LogP contribution in [0.3, 0.4) is 0 Å². The van der Waals surface area contributed by atoms with Crippen LogP contribution in [0.4, 0.5) is 15.8 Å². The summed E-state index contributed by atoms with van der Waals surface area (Å²) in [6.45, 7) is 4.20. The molecule has 2 saturated heterocycles. The van der Waals surface area contributed by atoms with Crippen LogP contribution in [0.2, 0.25) is 0 Å². The Balaban J connectivity index is 1.29. The van der Waals surface area contributed by atoms with Gasteiger partial charge in [0.1, 0.15) is 11.9 Å². The number of nitrogens with zero attached hydrogens (tertiary/aromatic N) is 3. The molecule has 1 atom stereocenters. The van der Waals surface area contributed by atoms with Gasteiger partial charge in [-0.3, -0.25) is 9.79 Å². The smallest absolute Gasteiger partial charge is 0.253 e. The van der Waals surface area contributed by atoms with Crippen molar-refractivity contribution < 1.29 is 13.9 Å². The van der Waals surface area contributed by atoms with Gasteiger partial charge in [-0.2, -0.15) is 0 Å². The quantitative estimate of drug-likeness (QED) is 0.554. The first-order chi connectivity index (χ1) is 15.6. The lowest BCUT2D eigenvalue weighted by Crippen LogP contribution is -2.52. The molecule has 32 heavy (non-hydrogen) atoms. The number of rotatable bonds is 5. The van der Waals surface area contributed by atoms with Gasteiger partial charge in [-0.1, -0.05) is 24.3 Å². The highest BCUT2D eigenvalue weighted by Crippen LogP contribution is 2.20. The van der Waals surface area contributed by atoms with Gasteiger partial charge in [-0.05, 0) is 42.7 Å². The minimum absolute atomic E-state index is 0.0869. The Morgan fingerprint density at radius 1 is 1.16 bits per heavy atom. The summed E-state index contributed by atoms with van der Waals surface area (Å²) in [6, 6.07) is 14.7. The summed E-state index contributed by atoms with van der Waals surface area (Å²) in [5.74, 6) is 0.540. The molecule has 1 amide bonds. The van der Waals surface area contributed by atoms with Crippen LogP contribution in [-0.4, -0.2) is 62.7 Å². The number of benzene rings is 2. The maximum Gasteiger partial charge on any atom is 0.253 e. The standard InChI is InChI=1S/C24H30FN5O2/c1-26-24(30-13-11-29(12-14-30)21-9-3-2-8-20(21)25)27-17-18-6-4-7-19(16-18)28-23(31)22-10-5-15-32-22/h2-4,6-9,16,22H,5,10-15,17H2,1H3,(H,26,27)(H,28,31). The maximum absolute atomic E-state index is 14.1. The minimum Gasteiger partial charge on any atom is -0.368 e. The molecular weight excluding hydrogens is 409 g/mol. The molecule has 4 rings (SSSR count). The van der Waals surface area contributed by atoms with Crippen molar-refractivity contribution in [2.45, 2.75) is 25.5 Å². The molecule has 2 heterocycles. The zero-order valence-electron chi connectivity index (χ0n) is 18.4. The van der Waals surface area contributed by atoms with E-state index in [1.54, 1.807) is 13.1 Å². The van der Waals surface area contributed by atoms with Gasteiger partial charge in [-0.25, -0.2) is 4.39 Å². The topological polar surface area (TPSA) is 69.2 Å². The molecule has 0 spiro atoms. The number of hydrogen-bond donors (Lipinski definition) is 2. The van der Waals surface area contributed by atoms with E-state index in [-0.39, 0.29) is 17.8 Å². The van der Waals surface area contributed by atoms with Crippen molar-refractivity contribution in [1.29, 1.82) is 0 Å². The van der Waals surface area contributed by atoms with Gasteiger partial charge in [0.15, 0.2) is 5.96 Å². The van der Waals surface area contributed by atoms with Crippen LogP contribution in [0.15, 0.2) is 53.5 Å². The zero-order chi connectivity index (χ0) is 22.3. The van der Waals surface area contributed by atoms with Gasteiger partial charge in [-0.15, -0.1) is 0 Å². The van der Waals surface area contributed by atoms with Crippen LogP contribution >= 0.6 is 0 Å². The number of carbonyl (C=O) groups is 1. The number of aliphatic imine (C=N–C) groups is 1. The highest BCUT2D eigenvalue weighted by atomic mass is 19.1. The van der Waals surface area contributed by atoms with Crippen molar-refractivity contribution in [3.05, 3.63) is 59.9 Å². The van der Waals surface area contributed by atoms with E-state index in [4.69, 9.17) is 4.74 Å². The van der Waals surface area contributed by atoms with Gasteiger partial charge in [0.2, 0.25) is 0 Å². The Morgan fingerprint density at radius 3 is 2.69 bits per heavy atom. The average Bonchev–Trinajstić information content (AvgIpc) is 3.36. The van der Waals surface area contributed by atoms with E-state index < -0.39 is 0 Å². The summed E-state index contributed by atoms with van der Waals surface area (Å²) in [5, 5.41) is 6.35. The Morgan fingerprint density at radius 2 is 1.97 bits per heavy atom. The lowest BCUT2D eigenvalue weighted by molar-refractivity contribution is -0.124. The van der Waals surface area contributed by atoms with E-state index in [1.807, 2.05) is 36.4 Å². The van der Waals surface area contributed by atoms with Crippen LogP contribution in [0.1, 0.15) is 18.4 Å². The van der Waals surface area contributed by atoms with Crippen molar-refractivity contribution >= 4 is 23.2 Å². The minimum atomic E-state index is -0.348. The molecule has 0 aliphatic carbocycles. The molecule has 170 valence electrons. The predicted octanol–water partition coefficient (Wildman–Crippen LogP) is 2.84. The number of amides is 1. The highest BCUT2D eigenvalue weighted by molar-refractivity contribution is 5.94. The molecule has 2 N–H and O–H groups in total. The van der Waals surface area contributed by atoms with Crippen LogP contribution in [0, 0.1) is 5.82 Å². The van der Waals surface area contributed by atoms with E-state index in [9.17, 15) is 9.18 Å². The third-order valence-corrected chi connectivity index (χ3v) is 5.85. The van der Waals surface area contributed by atoms with Crippen molar-refractivity contribution in [2.24, 2.45) is 4.99 Å². The number of halogens is 1. The molecule has 7 nitrogen and oxygen atoms in total. The Kier molecular flexibility index (Phi) is 7.21. The van der Waals surface area contributed by atoms with E-state index >= 15 is 0 Å². The third-order valence-electron chi connectivity index (χ3n) is 5.85. The third kappa shape index (κ3) is 5.37. The average molecular weight is 440 g/mol. The highest BCUT2D eigenvalue weighted by Gasteiger charge is 2.24. The first-order valence-electron chi connectivity index (χ1n) is 11.1. The molecular formula is C24H30FN5O2. The van der Waals surface area contributed by atoms with Gasteiger partial charge in [0.05, 0.1) is 5.69 Å². The normalized spacial score (nSPS) is 19.2. The van der Waals surface area contributed by atoms with Crippen LogP contribution in [-0.2, 0) is 16.1 Å². The monoisotopic (exact) mass is 439 g/mol. The molecule has 1 unspecified atom stereocenters. The number of guanidine groups is 1. The summed E-state index contributed by atoms with van der Waals surface area (Å²) < 4.78 is 19.5. The number of piperazine rings is 1. The van der Waals surface area contributed by atoms with E-state index in [1.165, 1.54) is 6.07 Å². The van der Waals surface area contributed by atoms with Gasteiger partial charge in [0, 0.05) is 52.1 Å². The summed E-state index contributed by atoms with van der Waals surface area (Å²) in [7, 11) is 1.77. The second-order valence-corrected chi connectivity index (χ2v) is 8.02. The number of hydrogen-bond acceptors (Lipinski definition) is 4. The molecule has 2 aromatic rings. The molecule has 0 bridgehead atoms. The summed E-state index contributed by atoms with van der Waals surface area (Å²) >= 11 is 0. The van der Waals surface area contributed by atoms with Crippen LogP contribution in [0.5, 0.6) is 0 Å². The van der Waals surface area contributed by atoms with Crippen LogP contribution in [0.25, 0.3) is 0 Å². The number of carbonyl (C=O) groups excluding carboxylic acids is 1. The summed E-state index contributed by atoms with van der Waals surface area (Å²) in [5.41, 5.74) is 2.46. The molecule has 2 aromatic carbocycles. The Bertz CT molecular complexity index is 953. The molecule has 2 fully saturated rings. The van der Waals surface area contributed by atoms with Gasteiger partial charge in [0.25, 0.3) is 5.91 Å². The fourth-order valence-corrected chi connectivity index (χ4v) is 4.15. The summed E-state index contributed by atoms with van der Waals surface area (Å²) in [4.78, 5) is 21.0. The first kappa shape index (κ1) is 22.1. The molecule has 2 aliphatic rings. The van der Waals surface area contributed by atoms with Gasteiger partial charge >= 0.3 is 0 Å². The second kappa shape index (κ2) is 10.5. The number of anilines is 2. The lowest BCUT2D eigenvalue weighted by Gasteiger charge is -2.37. The van der Waals surface area contributed by atoms with E-state index in [0.717, 1.165) is 56.2 Å². The molecule has 0 aromatic heterocycles. The van der Waals surface area contributed by atoms with Crippen LogP contribution < -0.4 is 15.5 Å². The number of para-hydroxylation sites is 1. The predicted molar refractivity (Wildman–Crippen MR) is 124 cm³/mol. The fraction of sp³-hybridized carbons (Fsp3) is 0.417. The van der Waals surface area contributed by atoms with Crippen molar-refractivity contribution in [3.63, 3.8) is 0 Å². The Hall–Kier alpha value is -3.13. The lowest BCUT2D eigenvalue weighted by atomic mass is 10.2. The van der Waals surface area contributed by atoms with Crippen molar-refractivity contribution in [2.75, 3.05) is 50.1 Å². The largest absolute Gasteiger partial charge is 0.368 e.